The first kappa shape index (κ1) is 21.3. The van der Waals surface area contributed by atoms with Gasteiger partial charge in [0, 0.05) is 18.0 Å². The lowest BCUT2D eigenvalue weighted by Crippen LogP contribution is -2.42. The standard InChI is InChI=1S/C24H27FN2O4/c1-16-2-3-17(12-20(16)25)14-26-23(28)15-27-8-6-18(7-9-27)24(29)19-4-5-21-22(13-19)31-11-10-30-21/h2-5,12-13,18H,6-11,14-15H2,1H3,(H,26,28). The Hall–Kier alpha value is -2.93. The van der Waals surface area contributed by atoms with E-state index in [0.29, 0.717) is 68.3 Å². The van der Waals surface area contributed by atoms with Gasteiger partial charge in [-0.15, -0.1) is 0 Å². The van der Waals surface area contributed by atoms with Gasteiger partial charge in [0.05, 0.1) is 6.54 Å². The lowest BCUT2D eigenvalue weighted by molar-refractivity contribution is -0.122. The number of rotatable bonds is 6. The molecule has 1 saturated heterocycles. The van der Waals surface area contributed by atoms with Crippen molar-refractivity contribution in [3.05, 3.63) is 58.9 Å². The highest BCUT2D eigenvalue weighted by Gasteiger charge is 2.27. The van der Waals surface area contributed by atoms with E-state index in [9.17, 15) is 14.0 Å². The number of likely N-dealkylation sites (tertiary alicyclic amines) is 1. The average molecular weight is 426 g/mol. The predicted octanol–water partition coefficient (Wildman–Crippen LogP) is 3.12. The van der Waals surface area contributed by atoms with Crippen LogP contribution in [0.4, 0.5) is 4.39 Å². The maximum Gasteiger partial charge on any atom is 0.234 e. The van der Waals surface area contributed by atoms with Crippen molar-refractivity contribution < 1.29 is 23.5 Å². The molecular weight excluding hydrogens is 399 g/mol. The minimum absolute atomic E-state index is 0.0580. The molecule has 0 aromatic heterocycles. The summed E-state index contributed by atoms with van der Waals surface area (Å²) in [5, 5.41) is 2.84. The third kappa shape index (κ3) is 5.22. The molecule has 1 N–H and O–H groups in total. The van der Waals surface area contributed by atoms with Crippen LogP contribution in [0.2, 0.25) is 0 Å². The molecule has 0 saturated carbocycles. The first-order valence-electron chi connectivity index (χ1n) is 10.7. The number of hydrogen-bond donors (Lipinski definition) is 1. The topological polar surface area (TPSA) is 67.9 Å². The highest BCUT2D eigenvalue weighted by Crippen LogP contribution is 2.32. The van der Waals surface area contributed by atoms with Crippen LogP contribution in [0.1, 0.15) is 34.3 Å². The zero-order chi connectivity index (χ0) is 21.8. The monoisotopic (exact) mass is 426 g/mol. The molecule has 0 atom stereocenters. The van der Waals surface area contributed by atoms with Crippen molar-refractivity contribution in [1.29, 1.82) is 0 Å². The van der Waals surface area contributed by atoms with E-state index < -0.39 is 0 Å². The Kier molecular flexibility index (Phi) is 6.51. The molecule has 164 valence electrons. The Morgan fingerprint density at radius 3 is 2.55 bits per heavy atom. The summed E-state index contributed by atoms with van der Waals surface area (Å²) < 4.78 is 24.7. The number of amides is 1. The van der Waals surface area contributed by atoms with Gasteiger partial charge < -0.3 is 14.8 Å². The van der Waals surface area contributed by atoms with Gasteiger partial charge in [-0.2, -0.15) is 0 Å². The Balaban J connectivity index is 1.24. The highest BCUT2D eigenvalue weighted by molar-refractivity contribution is 5.98. The molecule has 0 aliphatic carbocycles. The summed E-state index contributed by atoms with van der Waals surface area (Å²) in [5.41, 5.74) is 1.97. The van der Waals surface area contributed by atoms with Crippen LogP contribution in [-0.4, -0.2) is 49.4 Å². The molecule has 0 radical (unpaired) electrons. The van der Waals surface area contributed by atoms with Gasteiger partial charge in [-0.25, -0.2) is 4.39 Å². The first-order valence-corrected chi connectivity index (χ1v) is 10.7. The second kappa shape index (κ2) is 9.47. The molecule has 4 rings (SSSR count). The van der Waals surface area contributed by atoms with Crippen LogP contribution in [0.15, 0.2) is 36.4 Å². The third-order valence-electron chi connectivity index (χ3n) is 5.88. The molecule has 0 unspecified atom stereocenters. The Bertz CT molecular complexity index is 970. The third-order valence-corrected chi connectivity index (χ3v) is 5.88. The molecule has 2 aliphatic heterocycles. The molecule has 2 aromatic carbocycles. The molecular formula is C24H27FN2O4. The SMILES string of the molecule is Cc1ccc(CNC(=O)CN2CCC(C(=O)c3ccc4c(c3)OCCO4)CC2)cc1F. The van der Waals surface area contributed by atoms with Crippen LogP contribution in [-0.2, 0) is 11.3 Å². The van der Waals surface area contributed by atoms with Gasteiger partial charge in [0.25, 0.3) is 0 Å². The number of ketones is 1. The van der Waals surface area contributed by atoms with E-state index in [1.54, 1.807) is 31.2 Å². The summed E-state index contributed by atoms with van der Waals surface area (Å²) in [5.74, 6) is 0.991. The van der Waals surface area contributed by atoms with Crippen molar-refractivity contribution in [3.8, 4) is 11.5 Å². The van der Waals surface area contributed by atoms with Gasteiger partial charge in [0.15, 0.2) is 17.3 Å². The fourth-order valence-corrected chi connectivity index (χ4v) is 3.99. The number of benzene rings is 2. The van der Waals surface area contributed by atoms with Crippen molar-refractivity contribution in [2.45, 2.75) is 26.3 Å². The second-order valence-electron chi connectivity index (χ2n) is 8.13. The van der Waals surface area contributed by atoms with E-state index in [2.05, 4.69) is 10.2 Å². The summed E-state index contributed by atoms with van der Waals surface area (Å²) in [7, 11) is 0. The maximum atomic E-state index is 13.6. The number of aryl methyl sites for hydroxylation is 1. The molecule has 7 heteroatoms. The van der Waals surface area contributed by atoms with Gasteiger partial charge >= 0.3 is 0 Å². The number of nitrogens with one attached hydrogen (secondary N) is 1. The molecule has 2 aliphatic rings. The summed E-state index contributed by atoms with van der Waals surface area (Å²) in [4.78, 5) is 27.2. The van der Waals surface area contributed by atoms with Crippen molar-refractivity contribution in [1.82, 2.24) is 10.2 Å². The summed E-state index contributed by atoms with van der Waals surface area (Å²) in [6, 6.07) is 10.3. The van der Waals surface area contributed by atoms with Gasteiger partial charge in [-0.3, -0.25) is 14.5 Å². The molecule has 1 fully saturated rings. The Labute approximate surface area is 181 Å². The van der Waals surface area contributed by atoms with Crippen LogP contribution in [0.3, 0.4) is 0 Å². The summed E-state index contributed by atoms with van der Waals surface area (Å²) in [6.07, 6.45) is 1.42. The predicted molar refractivity (Wildman–Crippen MR) is 114 cm³/mol. The van der Waals surface area contributed by atoms with Crippen LogP contribution >= 0.6 is 0 Å². The normalized spacial score (nSPS) is 16.7. The number of nitrogens with zero attached hydrogens (tertiary/aromatic N) is 1. The Morgan fingerprint density at radius 2 is 1.81 bits per heavy atom. The van der Waals surface area contributed by atoms with Crippen LogP contribution in [0.5, 0.6) is 11.5 Å². The molecule has 0 bridgehead atoms. The van der Waals surface area contributed by atoms with E-state index in [-0.39, 0.29) is 30.0 Å². The summed E-state index contributed by atoms with van der Waals surface area (Å²) >= 11 is 0. The number of carbonyl (C=O) groups excluding carboxylic acids is 2. The smallest absolute Gasteiger partial charge is 0.234 e. The highest BCUT2D eigenvalue weighted by atomic mass is 19.1. The van der Waals surface area contributed by atoms with E-state index in [1.807, 2.05) is 6.07 Å². The fraction of sp³-hybridized carbons (Fsp3) is 0.417. The van der Waals surface area contributed by atoms with Gasteiger partial charge in [0.1, 0.15) is 19.0 Å². The molecule has 2 aromatic rings. The van der Waals surface area contributed by atoms with E-state index in [1.165, 1.54) is 6.07 Å². The quantitative estimate of drug-likeness (QED) is 0.719. The zero-order valence-corrected chi connectivity index (χ0v) is 17.7. The van der Waals surface area contributed by atoms with Gasteiger partial charge in [0.2, 0.25) is 5.91 Å². The van der Waals surface area contributed by atoms with E-state index in [0.717, 1.165) is 5.56 Å². The number of piperidine rings is 1. The van der Waals surface area contributed by atoms with Crippen molar-refractivity contribution in [3.63, 3.8) is 0 Å². The number of ether oxygens (including phenoxy) is 2. The zero-order valence-electron chi connectivity index (χ0n) is 17.7. The minimum Gasteiger partial charge on any atom is -0.486 e. The van der Waals surface area contributed by atoms with Crippen molar-refractivity contribution >= 4 is 11.7 Å². The Morgan fingerprint density at radius 1 is 1.06 bits per heavy atom. The fourth-order valence-electron chi connectivity index (χ4n) is 3.99. The molecule has 31 heavy (non-hydrogen) atoms. The van der Waals surface area contributed by atoms with Gasteiger partial charge in [-0.05, 0) is 68.2 Å². The van der Waals surface area contributed by atoms with Crippen LogP contribution in [0.25, 0.3) is 0 Å². The minimum atomic E-state index is -0.267. The maximum absolute atomic E-state index is 13.6. The second-order valence-corrected chi connectivity index (χ2v) is 8.13. The first-order chi connectivity index (χ1) is 15.0. The van der Waals surface area contributed by atoms with Crippen molar-refractivity contribution in [2.24, 2.45) is 5.92 Å². The molecule has 0 spiro atoms. The lowest BCUT2D eigenvalue weighted by Gasteiger charge is -2.31. The number of hydrogen-bond acceptors (Lipinski definition) is 5. The number of halogens is 1. The lowest BCUT2D eigenvalue weighted by atomic mass is 9.88. The number of Topliss-reactive ketones (excluding diaryl/α,β-unsaturated/α-hetero) is 1. The number of carbonyl (C=O) groups is 2. The number of fused-ring (bicyclic) bond motifs is 1. The average Bonchev–Trinajstić information content (AvgIpc) is 2.79. The largest absolute Gasteiger partial charge is 0.486 e. The summed E-state index contributed by atoms with van der Waals surface area (Å²) in [6.45, 7) is 4.67. The molecule has 2 heterocycles. The van der Waals surface area contributed by atoms with Crippen molar-refractivity contribution in [2.75, 3.05) is 32.8 Å². The van der Waals surface area contributed by atoms with E-state index >= 15 is 0 Å². The van der Waals surface area contributed by atoms with Crippen LogP contribution < -0.4 is 14.8 Å². The van der Waals surface area contributed by atoms with Gasteiger partial charge in [-0.1, -0.05) is 12.1 Å². The molecule has 6 nitrogen and oxygen atoms in total. The molecule has 1 amide bonds. The van der Waals surface area contributed by atoms with E-state index in [4.69, 9.17) is 9.47 Å². The van der Waals surface area contributed by atoms with Crippen LogP contribution in [0, 0.1) is 18.7 Å².